The smallest absolute Gasteiger partial charge is 0.147 e. The van der Waals surface area contributed by atoms with E-state index >= 15 is 0 Å². The zero-order chi connectivity index (χ0) is 12.9. The average Bonchev–Trinajstić information content (AvgIpc) is 3.07. The van der Waals surface area contributed by atoms with Crippen molar-refractivity contribution >= 4 is 33.0 Å². The lowest BCUT2D eigenvalue weighted by molar-refractivity contribution is -0.0867. The van der Waals surface area contributed by atoms with E-state index in [9.17, 15) is 13.2 Å². The molecule has 1 aliphatic carbocycles. The summed E-state index contributed by atoms with van der Waals surface area (Å²) in [6, 6.07) is 7.30. The van der Waals surface area contributed by atoms with E-state index in [0.29, 0.717) is 9.58 Å². The molecule has 3 rings (SSSR count). The highest BCUT2D eigenvalue weighted by atomic mass is 35.5. The molecule has 0 amide bonds. The van der Waals surface area contributed by atoms with Crippen molar-refractivity contribution in [3.05, 3.63) is 34.7 Å². The molecular weight excluding hydrogens is 293 g/mol. The lowest BCUT2D eigenvalue weighted by Crippen LogP contribution is -1.97. The molecule has 1 aliphatic rings. The highest BCUT2D eigenvalue weighted by molar-refractivity contribution is 7.38. The minimum atomic E-state index is -4.13. The van der Waals surface area contributed by atoms with Crippen LogP contribution in [-0.2, 0) is 11.9 Å². The lowest BCUT2D eigenvalue weighted by Gasteiger charge is -2.00. The van der Waals surface area contributed by atoms with Gasteiger partial charge in [0.2, 0.25) is 0 Å². The number of rotatable bonds is 2. The molecular formula is C14H15ClF3S+. The van der Waals surface area contributed by atoms with Crippen LogP contribution in [0.3, 0.4) is 0 Å². The molecule has 1 saturated carbocycles. The largest absolute Gasteiger partial charge is 0.600 e. The van der Waals surface area contributed by atoms with Crippen molar-refractivity contribution in [1.29, 1.82) is 0 Å². The van der Waals surface area contributed by atoms with Crippen LogP contribution in [0.25, 0.3) is 10.1 Å². The van der Waals surface area contributed by atoms with Gasteiger partial charge in [-0.1, -0.05) is 13.0 Å². The minimum Gasteiger partial charge on any atom is -0.147 e. The summed E-state index contributed by atoms with van der Waals surface area (Å²) in [7, 11) is -1.68. The van der Waals surface area contributed by atoms with Gasteiger partial charge in [-0.15, -0.1) is 25.6 Å². The third kappa shape index (κ3) is 2.61. The van der Waals surface area contributed by atoms with E-state index in [4.69, 9.17) is 0 Å². The van der Waals surface area contributed by atoms with Crippen LogP contribution in [0, 0.1) is 0 Å². The Kier molecular flexibility index (Phi) is 3.85. The zero-order valence-electron chi connectivity index (χ0n) is 10.5. The van der Waals surface area contributed by atoms with E-state index in [1.54, 1.807) is 12.1 Å². The van der Waals surface area contributed by atoms with E-state index in [0.717, 1.165) is 30.2 Å². The van der Waals surface area contributed by atoms with E-state index in [1.807, 2.05) is 19.1 Å². The van der Waals surface area contributed by atoms with Gasteiger partial charge in [0.1, 0.15) is 0 Å². The molecule has 2 aromatic rings. The lowest BCUT2D eigenvalue weighted by atomic mass is 10.1. The van der Waals surface area contributed by atoms with Gasteiger partial charge in [-0.3, -0.25) is 0 Å². The number of hydrogen-bond donors (Lipinski definition) is 0. The number of aryl methyl sites for hydroxylation is 1. The number of benzene rings is 1. The topological polar surface area (TPSA) is 0 Å². The Morgan fingerprint density at radius 2 is 1.89 bits per heavy atom. The van der Waals surface area contributed by atoms with E-state index in [-0.39, 0.29) is 18.3 Å². The summed E-state index contributed by atoms with van der Waals surface area (Å²) < 4.78 is 40.3. The van der Waals surface area contributed by atoms with Crippen molar-refractivity contribution in [3.63, 3.8) is 0 Å². The molecule has 1 fully saturated rings. The van der Waals surface area contributed by atoms with Gasteiger partial charge in [-0.05, 0) is 30.9 Å². The van der Waals surface area contributed by atoms with E-state index in [1.165, 1.54) is 0 Å². The van der Waals surface area contributed by atoms with Crippen LogP contribution in [0.2, 0.25) is 0 Å². The summed E-state index contributed by atoms with van der Waals surface area (Å²) in [6.07, 6.45) is 2.61. The fraction of sp³-hybridized carbons (Fsp3) is 0.429. The van der Waals surface area contributed by atoms with Crippen LogP contribution in [-0.4, -0.2) is 0 Å². The third-order valence-electron chi connectivity index (χ3n) is 3.45. The van der Waals surface area contributed by atoms with Crippen molar-refractivity contribution in [2.24, 2.45) is 0 Å². The standard InChI is InChI=1S/C14H14F3S.ClH/c1-2-9-3-4-11-8-13(10-5-6-10)18(12(11)7-9)14(15,16)17;/h3-4,7-8,10H,2,5-6H2,1H3;1H/q+1;. The van der Waals surface area contributed by atoms with Crippen molar-refractivity contribution in [2.45, 2.75) is 37.6 Å². The number of hydrogen-bond acceptors (Lipinski definition) is 0. The number of fused-ring (bicyclic) bond motifs is 1. The molecule has 1 unspecified atom stereocenters. The second-order valence-electron chi connectivity index (χ2n) is 4.80. The first-order chi connectivity index (χ1) is 8.50. The van der Waals surface area contributed by atoms with Crippen molar-refractivity contribution in [2.75, 3.05) is 0 Å². The average molecular weight is 308 g/mol. The molecule has 104 valence electrons. The zero-order valence-corrected chi connectivity index (χ0v) is 12.1. The first-order valence-corrected chi connectivity index (χ1v) is 7.39. The predicted octanol–water partition coefficient (Wildman–Crippen LogP) is 5.93. The third-order valence-corrected chi connectivity index (χ3v) is 5.63. The molecule has 19 heavy (non-hydrogen) atoms. The monoisotopic (exact) mass is 307 g/mol. The molecule has 1 heterocycles. The van der Waals surface area contributed by atoms with Crippen LogP contribution in [0.4, 0.5) is 13.2 Å². The summed E-state index contributed by atoms with van der Waals surface area (Å²) in [4.78, 5) is 0.616. The maximum absolute atomic E-state index is 13.3. The molecule has 0 radical (unpaired) electrons. The summed E-state index contributed by atoms with van der Waals surface area (Å²) in [5, 5.41) is 0.773. The Hall–Kier alpha value is -0.740. The van der Waals surface area contributed by atoms with Crippen LogP contribution in [0.5, 0.6) is 0 Å². The Morgan fingerprint density at radius 1 is 1.21 bits per heavy atom. The SMILES string of the molecule is CCc1ccc2cc(C3CC3)[s+](C(F)(F)F)c2c1.Cl. The molecule has 0 bridgehead atoms. The normalized spacial score (nSPS) is 16.5. The minimum absolute atomic E-state index is 0. The molecule has 5 heteroatoms. The van der Waals surface area contributed by atoms with E-state index < -0.39 is 16.0 Å². The Bertz CT molecular complexity index is 596. The summed E-state index contributed by atoms with van der Waals surface area (Å²) in [6.45, 7) is 1.97. The van der Waals surface area contributed by atoms with Gasteiger partial charge in [-0.2, -0.15) is 0 Å². The first kappa shape index (κ1) is 14.7. The molecule has 1 aromatic heterocycles. The fourth-order valence-corrected chi connectivity index (χ4v) is 4.56. The molecule has 0 spiro atoms. The van der Waals surface area contributed by atoms with Crippen LogP contribution < -0.4 is 0 Å². The predicted molar refractivity (Wildman–Crippen MR) is 76.3 cm³/mol. The summed E-state index contributed by atoms with van der Waals surface area (Å²) in [5.41, 5.74) is -3.15. The van der Waals surface area contributed by atoms with Gasteiger partial charge in [0, 0.05) is 23.4 Å². The van der Waals surface area contributed by atoms with Gasteiger partial charge >= 0.3 is 5.51 Å². The number of thiophene rings is 1. The molecule has 1 aromatic carbocycles. The fourth-order valence-electron chi connectivity index (χ4n) is 2.34. The van der Waals surface area contributed by atoms with Crippen LogP contribution in [0.1, 0.15) is 36.1 Å². The maximum atomic E-state index is 13.3. The quantitative estimate of drug-likeness (QED) is 0.603. The van der Waals surface area contributed by atoms with Crippen molar-refractivity contribution in [1.82, 2.24) is 0 Å². The number of halogens is 4. The molecule has 0 aliphatic heterocycles. The van der Waals surface area contributed by atoms with E-state index in [2.05, 4.69) is 0 Å². The van der Waals surface area contributed by atoms with Gasteiger partial charge < -0.3 is 0 Å². The van der Waals surface area contributed by atoms with Gasteiger partial charge in [0.25, 0.3) is 0 Å². The molecule has 1 atom stereocenters. The molecule has 0 nitrogen and oxygen atoms in total. The summed E-state index contributed by atoms with van der Waals surface area (Å²) in [5.74, 6) is 0.174. The van der Waals surface area contributed by atoms with Gasteiger partial charge in [-0.25, -0.2) is 0 Å². The second-order valence-corrected chi connectivity index (χ2v) is 6.79. The Balaban J connectivity index is 0.00000133. The Labute approximate surface area is 119 Å². The second kappa shape index (κ2) is 4.98. The molecule has 0 N–H and O–H groups in total. The first-order valence-electron chi connectivity index (χ1n) is 6.16. The number of alkyl halides is 3. The van der Waals surface area contributed by atoms with Gasteiger partial charge in [0.05, 0.1) is 10.5 Å². The highest BCUT2D eigenvalue weighted by Gasteiger charge is 2.51. The van der Waals surface area contributed by atoms with Crippen molar-refractivity contribution in [3.8, 4) is 0 Å². The highest BCUT2D eigenvalue weighted by Crippen LogP contribution is 2.57. The Morgan fingerprint density at radius 3 is 2.42 bits per heavy atom. The van der Waals surface area contributed by atoms with Gasteiger partial charge in [0.15, 0.2) is 9.58 Å². The molecule has 0 saturated heterocycles. The van der Waals surface area contributed by atoms with Crippen LogP contribution in [0.15, 0.2) is 24.3 Å². The van der Waals surface area contributed by atoms with Crippen LogP contribution >= 0.6 is 22.9 Å². The maximum Gasteiger partial charge on any atom is 0.600 e. The van der Waals surface area contributed by atoms with Crippen molar-refractivity contribution < 1.29 is 13.2 Å². The summed E-state index contributed by atoms with van der Waals surface area (Å²) >= 11 is 0.